The molecule has 3 aromatic carbocycles. The lowest BCUT2D eigenvalue weighted by Gasteiger charge is -2.27. The predicted molar refractivity (Wildman–Crippen MR) is 158 cm³/mol. The number of carbonyl (C=O) groups excluding carboxylic acids is 2. The Bertz CT molecular complexity index is 1530. The molecule has 0 unspecified atom stereocenters. The molecule has 1 aliphatic rings. The number of piperazine rings is 1. The van der Waals surface area contributed by atoms with E-state index in [1.54, 1.807) is 10.6 Å². The third-order valence-electron chi connectivity index (χ3n) is 6.83. The maximum atomic E-state index is 13.8. The fourth-order valence-electron chi connectivity index (χ4n) is 4.91. The van der Waals surface area contributed by atoms with Crippen LogP contribution in [0, 0.1) is 0 Å². The van der Waals surface area contributed by atoms with Crippen molar-refractivity contribution in [2.75, 3.05) is 26.2 Å². The molecular weight excluding hydrogens is 566 g/mol. The Morgan fingerprint density at radius 3 is 2.26 bits per heavy atom. The zero-order valence-electron chi connectivity index (χ0n) is 21.1. The topological polar surface area (TPSA) is 71.4 Å². The fourth-order valence-corrected chi connectivity index (χ4v) is 5.27. The van der Waals surface area contributed by atoms with Crippen molar-refractivity contribution in [3.05, 3.63) is 104 Å². The SMILES string of the molecule is CCC(=O)c1c(-c2ccccc2)c2cc(Br)ccc2c(=O)n1Cc1ccc(C(=O)N2CCNCC2)cc1.Cl. The molecule has 196 valence electrons. The Hall–Kier alpha value is -3.26. The molecule has 1 fully saturated rings. The second kappa shape index (κ2) is 12.1. The summed E-state index contributed by atoms with van der Waals surface area (Å²) in [7, 11) is 0. The van der Waals surface area contributed by atoms with E-state index in [2.05, 4.69) is 21.2 Å². The van der Waals surface area contributed by atoms with E-state index in [-0.39, 0.29) is 42.6 Å². The molecule has 1 aliphatic heterocycles. The number of fused-ring (bicyclic) bond motifs is 1. The van der Waals surface area contributed by atoms with Crippen molar-refractivity contribution in [1.82, 2.24) is 14.8 Å². The molecule has 0 aliphatic carbocycles. The smallest absolute Gasteiger partial charge is 0.259 e. The highest BCUT2D eigenvalue weighted by Crippen LogP contribution is 2.33. The van der Waals surface area contributed by atoms with Crippen LogP contribution in [-0.2, 0) is 6.54 Å². The average Bonchev–Trinajstić information content (AvgIpc) is 2.94. The van der Waals surface area contributed by atoms with Gasteiger partial charge in [-0.25, -0.2) is 0 Å². The van der Waals surface area contributed by atoms with Gasteiger partial charge < -0.3 is 10.2 Å². The van der Waals surface area contributed by atoms with Crippen molar-refractivity contribution in [3.8, 4) is 11.1 Å². The van der Waals surface area contributed by atoms with Crippen LogP contribution < -0.4 is 10.9 Å². The van der Waals surface area contributed by atoms with Gasteiger partial charge in [0.1, 0.15) is 0 Å². The number of carbonyl (C=O) groups is 2. The first kappa shape index (κ1) is 27.8. The van der Waals surface area contributed by atoms with Gasteiger partial charge in [-0.3, -0.25) is 19.0 Å². The molecule has 2 heterocycles. The van der Waals surface area contributed by atoms with Gasteiger partial charge in [0.25, 0.3) is 11.5 Å². The zero-order chi connectivity index (χ0) is 25.9. The highest BCUT2D eigenvalue weighted by Gasteiger charge is 2.23. The molecule has 0 radical (unpaired) electrons. The molecule has 0 bridgehead atoms. The lowest BCUT2D eigenvalue weighted by molar-refractivity contribution is 0.0735. The number of halogens is 2. The number of aromatic nitrogens is 1. The molecule has 5 rings (SSSR count). The number of nitrogens with one attached hydrogen (secondary N) is 1. The maximum Gasteiger partial charge on any atom is 0.259 e. The molecule has 0 atom stereocenters. The minimum Gasteiger partial charge on any atom is -0.336 e. The molecule has 1 saturated heterocycles. The molecular formula is C30H29BrClN3O3. The first-order chi connectivity index (χ1) is 18.0. The molecule has 6 nitrogen and oxygen atoms in total. The average molecular weight is 595 g/mol. The van der Waals surface area contributed by atoms with E-state index < -0.39 is 0 Å². The van der Waals surface area contributed by atoms with Crippen LogP contribution in [0.4, 0.5) is 0 Å². The summed E-state index contributed by atoms with van der Waals surface area (Å²) in [5, 5.41) is 4.56. The second-order valence-electron chi connectivity index (χ2n) is 9.19. The first-order valence-corrected chi connectivity index (χ1v) is 13.3. The van der Waals surface area contributed by atoms with Crippen molar-refractivity contribution < 1.29 is 9.59 Å². The normalized spacial score (nSPS) is 13.3. The number of amides is 1. The lowest BCUT2D eigenvalue weighted by Crippen LogP contribution is -2.46. The third kappa shape index (κ3) is 5.46. The Balaban J connectivity index is 0.00000336. The molecule has 4 aromatic rings. The van der Waals surface area contributed by atoms with Crippen LogP contribution in [-0.4, -0.2) is 47.3 Å². The molecule has 38 heavy (non-hydrogen) atoms. The molecule has 0 saturated carbocycles. The van der Waals surface area contributed by atoms with Crippen LogP contribution in [0.5, 0.6) is 0 Å². The van der Waals surface area contributed by atoms with Crippen LogP contribution in [0.15, 0.2) is 82.1 Å². The lowest BCUT2D eigenvalue weighted by atomic mass is 9.94. The number of hydrogen-bond acceptors (Lipinski definition) is 4. The summed E-state index contributed by atoms with van der Waals surface area (Å²) in [5.41, 5.74) is 3.31. The van der Waals surface area contributed by atoms with Crippen molar-refractivity contribution in [2.45, 2.75) is 19.9 Å². The van der Waals surface area contributed by atoms with E-state index in [4.69, 9.17) is 0 Å². The van der Waals surface area contributed by atoms with Crippen LogP contribution in [0.3, 0.4) is 0 Å². The molecule has 1 aromatic heterocycles. The van der Waals surface area contributed by atoms with Crippen molar-refractivity contribution in [1.29, 1.82) is 0 Å². The summed E-state index contributed by atoms with van der Waals surface area (Å²) in [4.78, 5) is 41.9. The third-order valence-corrected chi connectivity index (χ3v) is 7.32. The number of ketones is 1. The van der Waals surface area contributed by atoms with Crippen molar-refractivity contribution >= 4 is 50.8 Å². The van der Waals surface area contributed by atoms with Gasteiger partial charge >= 0.3 is 0 Å². The largest absolute Gasteiger partial charge is 0.336 e. The second-order valence-corrected chi connectivity index (χ2v) is 10.1. The quantitative estimate of drug-likeness (QED) is 0.298. The Kier molecular flexibility index (Phi) is 8.82. The Morgan fingerprint density at radius 2 is 1.61 bits per heavy atom. The summed E-state index contributed by atoms with van der Waals surface area (Å²) >= 11 is 3.53. The van der Waals surface area contributed by atoms with Crippen LogP contribution >= 0.6 is 28.3 Å². The van der Waals surface area contributed by atoms with E-state index >= 15 is 0 Å². The van der Waals surface area contributed by atoms with Crippen LogP contribution in [0.2, 0.25) is 0 Å². The minimum absolute atomic E-state index is 0. The number of rotatable bonds is 6. The van der Waals surface area contributed by atoms with E-state index in [1.807, 2.05) is 78.6 Å². The van der Waals surface area contributed by atoms with Gasteiger partial charge in [0.2, 0.25) is 0 Å². The van der Waals surface area contributed by atoms with Crippen molar-refractivity contribution in [3.63, 3.8) is 0 Å². The fraction of sp³-hybridized carbons (Fsp3) is 0.233. The van der Waals surface area contributed by atoms with E-state index in [1.165, 1.54) is 0 Å². The van der Waals surface area contributed by atoms with Gasteiger partial charge in [0.05, 0.1) is 12.2 Å². The van der Waals surface area contributed by atoms with Crippen molar-refractivity contribution in [2.24, 2.45) is 0 Å². The Labute approximate surface area is 236 Å². The zero-order valence-corrected chi connectivity index (χ0v) is 23.5. The number of nitrogens with zero attached hydrogens (tertiary/aromatic N) is 2. The van der Waals surface area contributed by atoms with Crippen LogP contribution in [0.1, 0.15) is 39.8 Å². The number of Topliss-reactive ketones (excluding diaryl/α,β-unsaturated/α-hetero) is 1. The summed E-state index contributed by atoms with van der Waals surface area (Å²) in [6.07, 6.45) is 0.275. The van der Waals surface area contributed by atoms with E-state index in [0.29, 0.717) is 29.7 Å². The standard InChI is InChI=1S/C30H28BrN3O3.ClH/c1-2-26(35)28-27(21-6-4-3-5-7-21)25-18-23(31)12-13-24(25)30(37)34(28)19-20-8-10-22(11-9-20)29(36)33-16-14-32-15-17-33;/h3-13,18,32H,2,14-17,19H2,1H3;1H. The highest BCUT2D eigenvalue weighted by atomic mass is 79.9. The highest BCUT2D eigenvalue weighted by molar-refractivity contribution is 9.10. The summed E-state index contributed by atoms with van der Waals surface area (Å²) < 4.78 is 2.44. The Morgan fingerprint density at radius 1 is 0.921 bits per heavy atom. The number of hydrogen-bond donors (Lipinski definition) is 1. The molecule has 8 heteroatoms. The summed E-state index contributed by atoms with van der Waals surface area (Å²) in [5.74, 6) is -0.0851. The predicted octanol–water partition coefficient (Wildman–Crippen LogP) is 5.54. The van der Waals surface area contributed by atoms with Gasteiger partial charge in [-0.05, 0) is 46.8 Å². The van der Waals surface area contributed by atoms with E-state index in [0.717, 1.165) is 39.6 Å². The molecule has 1 N–H and O–H groups in total. The van der Waals surface area contributed by atoms with Crippen LogP contribution in [0.25, 0.3) is 21.9 Å². The summed E-state index contributed by atoms with van der Waals surface area (Å²) in [6.45, 7) is 5.01. The van der Waals surface area contributed by atoms with E-state index in [9.17, 15) is 14.4 Å². The maximum absolute atomic E-state index is 13.8. The first-order valence-electron chi connectivity index (χ1n) is 12.5. The number of pyridine rings is 1. The molecule has 0 spiro atoms. The monoisotopic (exact) mass is 593 g/mol. The molecule has 1 amide bonds. The van der Waals surface area contributed by atoms with Gasteiger partial charge in [-0.1, -0.05) is 65.3 Å². The van der Waals surface area contributed by atoms with Gasteiger partial charge in [0.15, 0.2) is 5.78 Å². The number of benzene rings is 3. The van der Waals surface area contributed by atoms with Gasteiger partial charge in [-0.2, -0.15) is 0 Å². The van der Waals surface area contributed by atoms with Gasteiger partial charge in [-0.15, -0.1) is 12.4 Å². The minimum atomic E-state index is -0.208. The van der Waals surface area contributed by atoms with Gasteiger partial charge in [0, 0.05) is 53.6 Å². The summed E-state index contributed by atoms with van der Waals surface area (Å²) in [6, 6.07) is 22.7.